The molecule has 0 spiro atoms. The molecule has 0 aliphatic carbocycles. The molecule has 2 aromatic carbocycles. The summed E-state index contributed by atoms with van der Waals surface area (Å²) in [6.07, 6.45) is 15.2. The lowest BCUT2D eigenvalue weighted by Gasteiger charge is -2.36. The fraction of sp³-hybridized carbons (Fsp3) is 0.500. The summed E-state index contributed by atoms with van der Waals surface area (Å²) in [7, 11) is 1.71. The van der Waals surface area contributed by atoms with Crippen LogP contribution in [-0.2, 0) is 45.2 Å². The highest BCUT2D eigenvalue weighted by atomic mass is 16.2. The van der Waals surface area contributed by atoms with Crippen LogP contribution in [0.4, 0.5) is 0 Å². The molecule has 2 saturated heterocycles. The number of amides is 4. The lowest BCUT2D eigenvalue weighted by Crippen LogP contribution is -2.58. The van der Waals surface area contributed by atoms with Gasteiger partial charge in [0.25, 0.3) is 0 Å². The van der Waals surface area contributed by atoms with Crippen molar-refractivity contribution in [3.05, 3.63) is 107 Å². The summed E-state index contributed by atoms with van der Waals surface area (Å²) in [6.45, 7) is 3.81. The summed E-state index contributed by atoms with van der Waals surface area (Å²) >= 11 is 0. The minimum Gasteiger partial charge on any atom is -0.346 e. The van der Waals surface area contributed by atoms with Gasteiger partial charge in [-0.25, -0.2) is 0 Å². The van der Waals surface area contributed by atoms with Crippen LogP contribution in [0.3, 0.4) is 0 Å². The quantitative estimate of drug-likeness (QED) is 0.0623. The largest absolute Gasteiger partial charge is 0.346 e. The van der Waals surface area contributed by atoms with E-state index in [4.69, 9.17) is 0 Å². The average molecular weight is 847 g/mol. The van der Waals surface area contributed by atoms with E-state index in [1.54, 1.807) is 23.6 Å². The maximum absolute atomic E-state index is 14.2. The Bertz CT molecular complexity index is 2210. The molecule has 0 unspecified atom stereocenters. The van der Waals surface area contributed by atoms with Gasteiger partial charge in [0.15, 0.2) is 0 Å². The molecule has 2 fully saturated rings. The Labute approximate surface area is 361 Å². The van der Waals surface area contributed by atoms with E-state index >= 15 is 0 Å². The van der Waals surface area contributed by atoms with E-state index in [1.165, 1.54) is 0 Å². The Morgan fingerprint density at radius 1 is 0.742 bits per heavy atom. The number of aromatic nitrogens is 9. The lowest BCUT2D eigenvalue weighted by atomic mass is 9.98. The van der Waals surface area contributed by atoms with Gasteiger partial charge >= 0.3 is 0 Å². The molecule has 18 nitrogen and oxygen atoms in total. The zero-order chi connectivity index (χ0) is 43.3. The second kappa shape index (κ2) is 21.5. The van der Waals surface area contributed by atoms with Crippen molar-refractivity contribution in [2.45, 2.75) is 133 Å². The molecule has 4 N–H and O–H groups in total. The Balaban J connectivity index is 0.882. The van der Waals surface area contributed by atoms with E-state index < -0.39 is 24.2 Å². The van der Waals surface area contributed by atoms with Crippen LogP contribution < -0.4 is 21.3 Å². The van der Waals surface area contributed by atoms with E-state index in [1.807, 2.05) is 88.6 Å². The van der Waals surface area contributed by atoms with Gasteiger partial charge in [-0.15, -0.1) is 15.3 Å². The molecule has 3 aromatic heterocycles. The first kappa shape index (κ1) is 43.8. The summed E-state index contributed by atoms with van der Waals surface area (Å²) in [6, 6.07) is 16.7. The second-order valence-corrected chi connectivity index (χ2v) is 16.3. The molecule has 2 aliphatic heterocycles. The Morgan fingerprint density at radius 2 is 1.32 bits per heavy atom. The number of nitrogens with one attached hydrogen (secondary N) is 4. The highest BCUT2D eigenvalue weighted by Gasteiger charge is 2.44. The molecule has 2 aliphatic rings. The van der Waals surface area contributed by atoms with Crippen LogP contribution in [0.1, 0.15) is 111 Å². The van der Waals surface area contributed by atoms with Gasteiger partial charge in [0.1, 0.15) is 23.5 Å². The number of fused-ring (bicyclic) bond motifs is 1. The molecule has 0 saturated carbocycles. The van der Waals surface area contributed by atoms with Gasteiger partial charge in [0.2, 0.25) is 24.1 Å². The highest BCUT2D eigenvalue weighted by Crippen LogP contribution is 2.32. The third-order valence-electron chi connectivity index (χ3n) is 12.0. The molecule has 7 rings (SSSR count). The van der Waals surface area contributed by atoms with E-state index in [9.17, 15) is 19.2 Å². The SMILES string of the molecule is CN[C@@H](C)C(=O)N[C@H]1CCCC[C@H]2CC[C@@H](C(=O)N[C@@H](c3ccccc3)c3cn(CCCCn4cc(CCCCn5cc([C@@H](NC=O)c6ccccc6)nn5)nn4)nn3)N2C1=O. The highest BCUT2D eigenvalue weighted by molar-refractivity contribution is 5.94. The van der Waals surface area contributed by atoms with Gasteiger partial charge in [0.05, 0.1) is 36.2 Å². The lowest BCUT2D eigenvalue weighted by molar-refractivity contribution is -0.144. The Hall–Kier alpha value is -6.30. The minimum atomic E-state index is -0.669. The standard InChI is InChI=1S/C44H58N14O4/c1-31(45-2)42(60)47-36-21-10-9-20-35-22-23-39(58(35)44(36)62)43(61)48-41(33-17-7-4-8-18-33)38-29-57(54-51-38)26-14-13-25-55-27-34(49-52-55)19-11-12-24-56-28-37(50-53-56)40(46-30-59)32-15-5-3-6-16-32/h3-8,15-18,27-31,35-36,39-41,45H,9-14,19-26H2,1-2H3,(H,46,59)(H,47,60)(H,48,61)/t31-,35-,36-,39-,40-,41-/m0/s1. The molecule has 0 radical (unpaired) electrons. The molecule has 62 heavy (non-hydrogen) atoms. The van der Waals surface area contributed by atoms with Gasteiger partial charge in [-0.1, -0.05) is 89.1 Å². The van der Waals surface area contributed by atoms with Crippen molar-refractivity contribution in [3.8, 4) is 0 Å². The number of carbonyl (C=O) groups is 4. The van der Waals surface area contributed by atoms with Crippen molar-refractivity contribution in [2.24, 2.45) is 0 Å². The van der Waals surface area contributed by atoms with Gasteiger partial charge in [-0.2, -0.15) is 0 Å². The van der Waals surface area contributed by atoms with Crippen LogP contribution in [0.15, 0.2) is 79.3 Å². The van der Waals surface area contributed by atoms with Crippen LogP contribution in [0.5, 0.6) is 0 Å². The number of rotatable bonds is 21. The summed E-state index contributed by atoms with van der Waals surface area (Å²) in [5.74, 6) is -0.658. The smallest absolute Gasteiger partial charge is 0.246 e. The van der Waals surface area contributed by atoms with Crippen molar-refractivity contribution in [1.29, 1.82) is 0 Å². The number of carbonyl (C=O) groups excluding carboxylic acids is 4. The summed E-state index contributed by atoms with van der Waals surface area (Å²) in [5.41, 5.74) is 4.05. The van der Waals surface area contributed by atoms with Crippen LogP contribution in [-0.4, -0.2) is 105 Å². The molecule has 328 valence electrons. The Morgan fingerprint density at radius 3 is 1.97 bits per heavy atom. The first-order valence-corrected chi connectivity index (χ1v) is 21.9. The number of aryl methyl sites for hydroxylation is 4. The van der Waals surface area contributed by atoms with Crippen molar-refractivity contribution in [1.82, 2.24) is 71.1 Å². The number of benzene rings is 2. The monoisotopic (exact) mass is 846 g/mol. The van der Waals surface area contributed by atoms with E-state index in [0.29, 0.717) is 50.3 Å². The molecule has 0 bridgehead atoms. The number of hydrogen-bond donors (Lipinski definition) is 4. The summed E-state index contributed by atoms with van der Waals surface area (Å²) < 4.78 is 5.48. The van der Waals surface area contributed by atoms with Gasteiger partial charge in [-0.05, 0) is 82.9 Å². The van der Waals surface area contributed by atoms with E-state index in [0.717, 1.165) is 74.6 Å². The molecule has 5 aromatic rings. The van der Waals surface area contributed by atoms with Crippen LogP contribution >= 0.6 is 0 Å². The van der Waals surface area contributed by atoms with E-state index in [2.05, 4.69) is 52.2 Å². The van der Waals surface area contributed by atoms with Crippen LogP contribution in [0.25, 0.3) is 0 Å². The first-order valence-electron chi connectivity index (χ1n) is 21.9. The van der Waals surface area contributed by atoms with Crippen LogP contribution in [0, 0.1) is 0 Å². The minimum absolute atomic E-state index is 0.0421. The van der Waals surface area contributed by atoms with Gasteiger partial charge < -0.3 is 26.2 Å². The fourth-order valence-corrected chi connectivity index (χ4v) is 8.43. The van der Waals surface area contributed by atoms with Crippen molar-refractivity contribution in [3.63, 3.8) is 0 Å². The third kappa shape index (κ3) is 11.1. The van der Waals surface area contributed by atoms with Crippen LogP contribution in [0.2, 0.25) is 0 Å². The molecule has 6 atom stereocenters. The molecular formula is C44H58N14O4. The summed E-state index contributed by atoms with van der Waals surface area (Å²) in [5, 5.41) is 38.1. The predicted molar refractivity (Wildman–Crippen MR) is 229 cm³/mol. The average Bonchev–Trinajstić information content (AvgIpc) is 4.14. The zero-order valence-electron chi connectivity index (χ0n) is 35.6. The van der Waals surface area contributed by atoms with Gasteiger partial charge in [-0.3, -0.25) is 33.2 Å². The molecule has 18 heteroatoms. The molecule has 5 heterocycles. The van der Waals surface area contributed by atoms with Crippen molar-refractivity contribution in [2.75, 3.05) is 7.05 Å². The zero-order valence-corrected chi connectivity index (χ0v) is 35.6. The molecular weight excluding hydrogens is 789 g/mol. The van der Waals surface area contributed by atoms with Gasteiger partial charge in [0, 0.05) is 31.9 Å². The second-order valence-electron chi connectivity index (χ2n) is 16.3. The number of nitrogens with zero attached hydrogens (tertiary/aromatic N) is 10. The topological polar surface area (TPSA) is 212 Å². The maximum Gasteiger partial charge on any atom is 0.246 e. The number of likely N-dealkylation sites (N-methyl/N-ethyl adjacent to an activating group) is 1. The first-order chi connectivity index (χ1) is 30.3. The number of unbranched alkanes of at least 4 members (excludes halogenated alkanes) is 2. The predicted octanol–water partition coefficient (Wildman–Crippen LogP) is 3.03. The number of hydrogen-bond acceptors (Lipinski definition) is 11. The van der Waals surface area contributed by atoms with Crippen molar-refractivity contribution >= 4 is 24.1 Å². The van der Waals surface area contributed by atoms with Crippen molar-refractivity contribution < 1.29 is 19.2 Å². The summed E-state index contributed by atoms with van der Waals surface area (Å²) in [4.78, 5) is 53.9. The Kier molecular flexibility index (Phi) is 15.2. The third-order valence-corrected chi connectivity index (χ3v) is 12.0. The van der Waals surface area contributed by atoms with E-state index in [-0.39, 0.29) is 29.8 Å². The molecule has 4 amide bonds. The maximum atomic E-state index is 14.2. The fourth-order valence-electron chi connectivity index (χ4n) is 8.43. The normalized spacial score (nSPS) is 19.2.